The van der Waals surface area contributed by atoms with E-state index in [0.717, 1.165) is 0 Å². The Kier molecular flexibility index (Phi) is 5.20. The molecule has 0 aliphatic carbocycles. The lowest BCUT2D eigenvalue weighted by Gasteiger charge is -2.14. The van der Waals surface area contributed by atoms with E-state index in [2.05, 4.69) is 30.2 Å². The van der Waals surface area contributed by atoms with Gasteiger partial charge < -0.3 is 15.7 Å². The second-order valence-electron chi connectivity index (χ2n) is 4.66. The monoisotopic (exact) mass is 370 g/mol. The Labute approximate surface area is 143 Å². The van der Waals surface area contributed by atoms with Crippen molar-refractivity contribution in [1.82, 2.24) is 20.5 Å². The van der Waals surface area contributed by atoms with Crippen molar-refractivity contribution in [3.8, 4) is 5.75 Å². The van der Waals surface area contributed by atoms with Gasteiger partial charge in [0.2, 0.25) is 0 Å². The fourth-order valence-electron chi connectivity index (χ4n) is 1.79. The Balaban J connectivity index is 2.60. The standard InChI is InChI=1S/C13H15ClN6O3S/c1-15-13(22)11-8(5-10(14)19-20-11)18-12-9(24(3,23)16-2)4-7(21)6-17-12/h4-6,21H,1-3H3,(H,15,22)(H,17,18,19). The van der Waals surface area contributed by atoms with E-state index in [4.69, 9.17) is 11.6 Å². The fourth-order valence-corrected chi connectivity index (χ4v) is 2.94. The lowest BCUT2D eigenvalue weighted by atomic mass is 10.3. The summed E-state index contributed by atoms with van der Waals surface area (Å²) in [5.74, 6) is -0.495. The van der Waals surface area contributed by atoms with E-state index >= 15 is 0 Å². The molecule has 0 saturated heterocycles. The number of anilines is 2. The normalized spacial score (nSPS) is 13.0. The van der Waals surface area contributed by atoms with Crippen LogP contribution in [0.5, 0.6) is 5.75 Å². The molecule has 1 unspecified atom stereocenters. The second-order valence-corrected chi connectivity index (χ2v) is 7.46. The molecule has 0 aromatic carbocycles. The molecule has 0 aliphatic rings. The third-order valence-electron chi connectivity index (χ3n) is 3.05. The van der Waals surface area contributed by atoms with Crippen LogP contribution in [0.2, 0.25) is 5.15 Å². The van der Waals surface area contributed by atoms with Crippen molar-refractivity contribution >= 4 is 38.7 Å². The van der Waals surface area contributed by atoms with Gasteiger partial charge in [-0.05, 0) is 0 Å². The number of halogens is 1. The van der Waals surface area contributed by atoms with Gasteiger partial charge in [0.1, 0.15) is 11.6 Å². The summed E-state index contributed by atoms with van der Waals surface area (Å²) in [7, 11) is 0.0459. The van der Waals surface area contributed by atoms with Gasteiger partial charge in [0.15, 0.2) is 10.8 Å². The minimum Gasteiger partial charge on any atom is -0.506 e. The van der Waals surface area contributed by atoms with Gasteiger partial charge >= 0.3 is 0 Å². The summed E-state index contributed by atoms with van der Waals surface area (Å²) in [5, 5.41) is 22.3. The third kappa shape index (κ3) is 3.71. The van der Waals surface area contributed by atoms with Crippen LogP contribution in [0.25, 0.3) is 0 Å². The quantitative estimate of drug-likeness (QED) is 0.741. The van der Waals surface area contributed by atoms with E-state index in [1.165, 1.54) is 38.7 Å². The number of hydrogen-bond donors (Lipinski definition) is 3. The van der Waals surface area contributed by atoms with E-state index in [1.807, 2.05) is 0 Å². The molecular formula is C13H15ClN6O3S. The maximum Gasteiger partial charge on any atom is 0.273 e. The molecule has 0 spiro atoms. The molecule has 0 fully saturated rings. The molecule has 128 valence electrons. The number of rotatable bonds is 4. The van der Waals surface area contributed by atoms with Crippen LogP contribution < -0.4 is 10.6 Å². The van der Waals surface area contributed by atoms with Crippen molar-refractivity contribution in [2.75, 3.05) is 25.7 Å². The van der Waals surface area contributed by atoms with Crippen LogP contribution in [0.15, 0.2) is 27.6 Å². The lowest BCUT2D eigenvalue weighted by molar-refractivity contribution is 0.0958. The number of nitrogens with zero attached hydrogens (tertiary/aromatic N) is 4. The van der Waals surface area contributed by atoms with Crippen LogP contribution in [-0.4, -0.2) is 50.8 Å². The van der Waals surface area contributed by atoms with E-state index in [1.54, 1.807) is 0 Å². The molecule has 1 atom stereocenters. The highest BCUT2D eigenvalue weighted by Gasteiger charge is 2.19. The Hall–Kier alpha value is -2.46. The van der Waals surface area contributed by atoms with Crippen LogP contribution in [0, 0.1) is 0 Å². The number of carbonyl (C=O) groups excluding carboxylic acids is 1. The zero-order chi connectivity index (χ0) is 17.9. The van der Waals surface area contributed by atoms with Crippen molar-refractivity contribution in [2.45, 2.75) is 4.90 Å². The van der Waals surface area contributed by atoms with Crippen LogP contribution >= 0.6 is 11.6 Å². The summed E-state index contributed by atoms with van der Waals surface area (Å²) in [6, 6.07) is 2.68. The topological polar surface area (TPSA) is 129 Å². The molecule has 0 saturated carbocycles. The molecule has 0 aliphatic heterocycles. The van der Waals surface area contributed by atoms with Crippen molar-refractivity contribution in [3.05, 3.63) is 29.2 Å². The fraction of sp³-hybridized carbons (Fsp3) is 0.231. The first-order chi connectivity index (χ1) is 11.3. The van der Waals surface area contributed by atoms with Gasteiger partial charge in [-0.25, -0.2) is 13.6 Å². The summed E-state index contributed by atoms with van der Waals surface area (Å²) in [6.45, 7) is 0. The number of aromatic hydroxyl groups is 1. The van der Waals surface area contributed by atoms with Gasteiger partial charge in [-0.3, -0.25) is 4.79 Å². The van der Waals surface area contributed by atoms with Crippen LogP contribution in [0.4, 0.5) is 11.5 Å². The van der Waals surface area contributed by atoms with Gasteiger partial charge in [0.05, 0.1) is 26.5 Å². The molecule has 2 rings (SSSR count). The molecule has 11 heteroatoms. The maximum atomic E-state index is 12.6. The highest BCUT2D eigenvalue weighted by Crippen LogP contribution is 2.28. The minimum atomic E-state index is -2.80. The zero-order valence-corrected chi connectivity index (χ0v) is 14.6. The van der Waals surface area contributed by atoms with Gasteiger partial charge in [-0.1, -0.05) is 11.6 Å². The van der Waals surface area contributed by atoms with Crippen LogP contribution in [0.1, 0.15) is 10.5 Å². The van der Waals surface area contributed by atoms with E-state index < -0.39 is 15.6 Å². The van der Waals surface area contributed by atoms with E-state index in [9.17, 15) is 14.1 Å². The molecule has 1 amide bonds. The van der Waals surface area contributed by atoms with Crippen molar-refractivity contribution in [2.24, 2.45) is 4.36 Å². The van der Waals surface area contributed by atoms with Crippen LogP contribution in [0.3, 0.4) is 0 Å². The Morgan fingerprint density at radius 2 is 2.08 bits per heavy atom. The predicted molar refractivity (Wildman–Crippen MR) is 90.3 cm³/mol. The summed E-state index contributed by atoms with van der Waals surface area (Å²) in [6.07, 6.45) is 2.58. The van der Waals surface area contributed by atoms with Crippen LogP contribution in [-0.2, 0) is 9.73 Å². The zero-order valence-electron chi connectivity index (χ0n) is 13.1. The number of pyridine rings is 1. The summed E-state index contributed by atoms with van der Waals surface area (Å²) >= 11 is 5.83. The first-order valence-electron chi connectivity index (χ1n) is 6.60. The molecule has 2 heterocycles. The van der Waals surface area contributed by atoms with Crippen molar-refractivity contribution in [1.29, 1.82) is 0 Å². The number of aromatic nitrogens is 3. The van der Waals surface area contributed by atoms with Gasteiger partial charge in [-0.15, -0.1) is 10.2 Å². The molecule has 2 aromatic heterocycles. The van der Waals surface area contributed by atoms with Crippen molar-refractivity contribution < 1.29 is 14.1 Å². The maximum absolute atomic E-state index is 12.6. The van der Waals surface area contributed by atoms with Gasteiger partial charge in [0.25, 0.3) is 5.91 Å². The Morgan fingerprint density at radius 1 is 1.38 bits per heavy atom. The molecule has 0 radical (unpaired) electrons. The highest BCUT2D eigenvalue weighted by atomic mass is 35.5. The van der Waals surface area contributed by atoms with Crippen molar-refractivity contribution in [3.63, 3.8) is 0 Å². The largest absolute Gasteiger partial charge is 0.506 e. The average Bonchev–Trinajstić information content (AvgIpc) is 2.56. The smallest absolute Gasteiger partial charge is 0.273 e. The van der Waals surface area contributed by atoms with E-state index in [-0.39, 0.29) is 33.0 Å². The Bertz CT molecular complexity index is 911. The summed E-state index contributed by atoms with van der Waals surface area (Å²) < 4.78 is 16.4. The number of carbonyl (C=O) groups is 1. The summed E-state index contributed by atoms with van der Waals surface area (Å²) in [4.78, 5) is 16.1. The highest BCUT2D eigenvalue weighted by molar-refractivity contribution is 7.93. The number of nitrogens with one attached hydrogen (secondary N) is 2. The SMILES string of the molecule is CN=S(C)(=O)c1cc(O)cnc1Nc1cc(Cl)nnc1C(=O)NC. The third-order valence-corrected chi connectivity index (χ3v) is 5.06. The first-order valence-corrected chi connectivity index (χ1v) is 8.90. The average molecular weight is 371 g/mol. The molecule has 2 aromatic rings. The molecule has 24 heavy (non-hydrogen) atoms. The summed E-state index contributed by atoms with van der Waals surface area (Å²) in [5.41, 5.74) is 0.207. The predicted octanol–water partition coefficient (Wildman–Crippen LogP) is 1.42. The number of hydrogen-bond acceptors (Lipinski definition) is 8. The van der Waals surface area contributed by atoms with E-state index in [0.29, 0.717) is 0 Å². The molecular weight excluding hydrogens is 356 g/mol. The lowest BCUT2D eigenvalue weighted by Crippen LogP contribution is -2.21. The van der Waals surface area contributed by atoms with Gasteiger partial charge in [-0.2, -0.15) is 0 Å². The second kappa shape index (κ2) is 6.97. The molecule has 0 bridgehead atoms. The Morgan fingerprint density at radius 3 is 2.71 bits per heavy atom. The minimum absolute atomic E-state index is 0.0150. The first kappa shape index (κ1) is 17.9. The molecule has 3 N–H and O–H groups in total. The molecule has 9 nitrogen and oxygen atoms in total. The number of amides is 1. The van der Waals surface area contributed by atoms with Gasteiger partial charge in [0, 0.05) is 32.5 Å².